The average molecular weight is 1380 g/mol. The number of carbonyl (C=O) groups excluding carboxylic acids is 7. The highest BCUT2D eigenvalue weighted by molar-refractivity contribution is 6.31. The van der Waals surface area contributed by atoms with Crippen LogP contribution < -0.4 is 14.2 Å². The normalized spacial score (nSPS) is 13.0. The molecule has 6 unspecified atom stereocenters. The van der Waals surface area contributed by atoms with Gasteiger partial charge in [-0.05, 0) is 155 Å². The van der Waals surface area contributed by atoms with Crippen LogP contribution in [0.25, 0.3) is 0 Å². The summed E-state index contributed by atoms with van der Waals surface area (Å²) in [4.78, 5) is 92.2. The van der Waals surface area contributed by atoms with Gasteiger partial charge in [0, 0.05) is 31.6 Å². The standard InChI is InChI=1S/C74H74Cl4O17/c1-7-67(79)89-40-50-8-30-61(31-9-50)88-43-66(46-92-72(84)54-16-32-62(33-17-54)86-41-64(93-70(82)38-49(4)53-14-26-59(77)27-15-53)44-90-68(80)36-47(2)51-10-22-57(75)23-11-51)95-73(85)55-18-34-63(35-19-55)87-42-65(45-91-69(81)37-48(3)52-12-24-58(76)25-13-52)94-71(83)39-74(5,6)56-20-28-60(78)29-21-56/h7-35,47-49,64-66H,1,36-46H2,2-6H3. The van der Waals surface area contributed by atoms with E-state index in [9.17, 15) is 33.6 Å². The lowest BCUT2D eigenvalue weighted by atomic mass is 9.82. The first-order chi connectivity index (χ1) is 45.5. The van der Waals surface area contributed by atoms with Crippen molar-refractivity contribution in [1.82, 2.24) is 0 Å². The van der Waals surface area contributed by atoms with Crippen LogP contribution in [0.1, 0.15) is 127 Å². The van der Waals surface area contributed by atoms with E-state index in [1.165, 1.54) is 48.5 Å². The summed E-state index contributed by atoms with van der Waals surface area (Å²) in [6.07, 6.45) is -2.07. The van der Waals surface area contributed by atoms with Crippen molar-refractivity contribution in [3.8, 4) is 17.2 Å². The first-order valence-electron chi connectivity index (χ1n) is 30.5. The van der Waals surface area contributed by atoms with Gasteiger partial charge in [0.1, 0.15) is 63.5 Å². The fourth-order valence-corrected chi connectivity index (χ4v) is 9.95. The van der Waals surface area contributed by atoms with E-state index >= 15 is 0 Å². The van der Waals surface area contributed by atoms with E-state index in [1.54, 1.807) is 72.8 Å². The molecule has 7 aromatic rings. The molecule has 95 heavy (non-hydrogen) atoms. The predicted octanol–water partition coefficient (Wildman–Crippen LogP) is 15.6. The zero-order valence-corrected chi connectivity index (χ0v) is 56.2. The number of carbonyl (C=O) groups is 7. The van der Waals surface area contributed by atoms with Crippen LogP contribution in [0.3, 0.4) is 0 Å². The summed E-state index contributed by atoms with van der Waals surface area (Å²) in [7, 11) is 0. The Labute approximate surface area is 572 Å². The van der Waals surface area contributed by atoms with E-state index in [0.29, 0.717) is 31.4 Å². The van der Waals surface area contributed by atoms with Crippen molar-refractivity contribution in [2.45, 2.75) is 108 Å². The number of rotatable bonds is 35. The van der Waals surface area contributed by atoms with Gasteiger partial charge in [-0.2, -0.15) is 0 Å². The Balaban J connectivity index is 0.979. The van der Waals surface area contributed by atoms with Crippen LogP contribution in [0.4, 0.5) is 0 Å². The largest absolute Gasteiger partial charge is 0.490 e. The third-order valence-corrected chi connectivity index (χ3v) is 16.0. The Morgan fingerprint density at radius 2 is 0.747 bits per heavy atom. The van der Waals surface area contributed by atoms with Gasteiger partial charge in [0.25, 0.3) is 0 Å². The lowest BCUT2D eigenvalue weighted by Gasteiger charge is -2.26. The minimum Gasteiger partial charge on any atom is -0.490 e. The fourth-order valence-electron chi connectivity index (χ4n) is 9.45. The van der Waals surface area contributed by atoms with Crippen molar-refractivity contribution in [2.24, 2.45) is 0 Å². The topological polar surface area (TPSA) is 212 Å². The van der Waals surface area contributed by atoms with E-state index in [4.69, 9.17) is 93.8 Å². The minimum atomic E-state index is -1.17. The highest BCUT2D eigenvalue weighted by Crippen LogP contribution is 2.30. The molecule has 0 saturated carbocycles. The van der Waals surface area contributed by atoms with Crippen LogP contribution in [0.15, 0.2) is 183 Å². The molecule has 0 saturated heterocycles. The summed E-state index contributed by atoms with van der Waals surface area (Å²) in [5, 5.41) is 2.25. The molecule has 0 aliphatic carbocycles. The van der Waals surface area contributed by atoms with E-state index in [2.05, 4.69) is 6.58 Å². The molecule has 6 atom stereocenters. The average Bonchev–Trinajstić information content (AvgIpc) is 1.36. The molecule has 0 bridgehead atoms. The van der Waals surface area contributed by atoms with Gasteiger partial charge in [-0.1, -0.05) is 148 Å². The highest BCUT2D eigenvalue weighted by Gasteiger charge is 2.29. The van der Waals surface area contributed by atoms with Crippen LogP contribution in [-0.4, -0.2) is 99.7 Å². The van der Waals surface area contributed by atoms with Crippen LogP contribution in [0.5, 0.6) is 17.2 Å². The quantitative estimate of drug-likeness (QED) is 0.0205. The number of esters is 7. The Hall–Kier alpha value is -8.87. The fraction of sp³-hybridized carbons (Fsp3) is 0.311. The van der Waals surface area contributed by atoms with Gasteiger partial charge in [-0.3, -0.25) is 19.2 Å². The van der Waals surface area contributed by atoms with Crippen LogP contribution in [0, 0.1) is 0 Å². The minimum absolute atomic E-state index is 0.0106. The van der Waals surface area contributed by atoms with Gasteiger partial charge in [-0.25, -0.2) is 14.4 Å². The number of halogens is 4. The maximum atomic E-state index is 13.8. The van der Waals surface area contributed by atoms with Gasteiger partial charge in [0.05, 0.1) is 36.8 Å². The molecule has 0 amide bonds. The summed E-state index contributed by atoms with van der Waals surface area (Å²) >= 11 is 24.3. The molecule has 500 valence electrons. The van der Waals surface area contributed by atoms with Crippen molar-refractivity contribution in [3.05, 3.63) is 242 Å². The molecule has 0 aliphatic rings. The molecule has 0 radical (unpaired) electrons. The zero-order valence-electron chi connectivity index (χ0n) is 53.1. The maximum Gasteiger partial charge on any atom is 0.338 e. The molecule has 0 N–H and O–H groups in total. The second-order valence-electron chi connectivity index (χ2n) is 23.2. The van der Waals surface area contributed by atoms with E-state index in [0.717, 1.165) is 28.3 Å². The Morgan fingerprint density at radius 1 is 0.400 bits per heavy atom. The number of benzene rings is 7. The summed E-state index contributed by atoms with van der Waals surface area (Å²) < 4.78 is 57.7. The van der Waals surface area contributed by atoms with Crippen LogP contribution in [0.2, 0.25) is 20.1 Å². The summed E-state index contributed by atoms with van der Waals surface area (Å²) in [5.74, 6) is -4.01. The van der Waals surface area contributed by atoms with Crippen LogP contribution >= 0.6 is 46.4 Å². The Bertz CT molecular complexity index is 3660. The Morgan fingerprint density at radius 3 is 1.16 bits per heavy atom. The van der Waals surface area contributed by atoms with E-state index in [1.807, 2.05) is 83.1 Å². The summed E-state index contributed by atoms with van der Waals surface area (Å²) in [6.45, 7) is 11.0. The van der Waals surface area contributed by atoms with Gasteiger partial charge in [0.15, 0.2) is 18.3 Å². The molecule has 0 fully saturated rings. The van der Waals surface area contributed by atoms with Gasteiger partial charge < -0.3 is 47.4 Å². The second kappa shape index (κ2) is 36.7. The molecule has 7 aromatic carbocycles. The van der Waals surface area contributed by atoms with Crippen molar-refractivity contribution in [3.63, 3.8) is 0 Å². The highest BCUT2D eigenvalue weighted by atomic mass is 35.5. The van der Waals surface area contributed by atoms with E-state index < -0.39 is 72.1 Å². The second-order valence-corrected chi connectivity index (χ2v) is 24.9. The predicted molar refractivity (Wildman–Crippen MR) is 360 cm³/mol. The van der Waals surface area contributed by atoms with Gasteiger partial charge in [-0.15, -0.1) is 0 Å². The molecule has 7 rings (SSSR count). The lowest BCUT2D eigenvalue weighted by molar-refractivity contribution is -0.161. The SMILES string of the molecule is C=CC(=O)OCc1ccc(OCC(COC(=O)c2ccc(OCC(COC(=O)CC(C)c3ccc(Cl)cc3)OC(=O)CC(C)c3ccc(Cl)cc3)cc2)OC(=O)c2ccc(OCC(COC(=O)CC(C)c3ccc(Cl)cc3)OC(=O)CC(C)(C)c3ccc(Cl)cc3)cc2)cc1. The number of hydrogen-bond donors (Lipinski definition) is 0. The summed E-state index contributed by atoms with van der Waals surface area (Å²) in [6, 6.07) is 47.0. The Kier molecular flexibility index (Phi) is 28.4. The maximum absolute atomic E-state index is 13.8. The molecule has 0 aliphatic heterocycles. The van der Waals surface area contributed by atoms with Gasteiger partial charge in [0.2, 0.25) is 0 Å². The molecular formula is C74H74Cl4O17. The first-order valence-corrected chi connectivity index (χ1v) is 32.1. The molecular weight excluding hydrogens is 1300 g/mol. The van der Waals surface area contributed by atoms with Crippen molar-refractivity contribution >= 4 is 88.2 Å². The summed E-state index contributed by atoms with van der Waals surface area (Å²) in [5.41, 5.74) is 3.73. The molecule has 0 heterocycles. The lowest BCUT2D eigenvalue weighted by Crippen LogP contribution is -2.33. The molecule has 0 aromatic heterocycles. The van der Waals surface area contributed by atoms with Crippen molar-refractivity contribution < 1.29 is 80.9 Å². The molecule has 0 spiro atoms. The van der Waals surface area contributed by atoms with Gasteiger partial charge >= 0.3 is 41.8 Å². The third kappa shape index (κ3) is 25.1. The van der Waals surface area contributed by atoms with Crippen LogP contribution in [-0.2, 0) is 69.2 Å². The zero-order chi connectivity index (χ0) is 68.4. The number of hydrogen-bond acceptors (Lipinski definition) is 17. The number of ether oxygens (including phenoxy) is 10. The molecule has 21 heteroatoms. The smallest absolute Gasteiger partial charge is 0.338 e. The first kappa shape index (κ1) is 73.5. The van der Waals surface area contributed by atoms with Crippen molar-refractivity contribution in [1.29, 1.82) is 0 Å². The monoisotopic (exact) mass is 1370 g/mol. The molecule has 17 nitrogen and oxygen atoms in total. The third-order valence-electron chi connectivity index (χ3n) is 15.0. The van der Waals surface area contributed by atoms with E-state index in [-0.39, 0.29) is 106 Å². The van der Waals surface area contributed by atoms with Crippen molar-refractivity contribution in [2.75, 3.05) is 39.6 Å².